The van der Waals surface area contributed by atoms with Crippen LogP contribution < -0.4 is 5.43 Å². The van der Waals surface area contributed by atoms with Gasteiger partial charge in [0.15, 0.2) is 0 Å². The average molecular weight is 279 g/mol. The molecule has 0 atom stereocenters. The monoisotopic (exact) mass is 279 g/mol. The largest absolute Gasteiger partial charge is 0.478 e. The fourth-order valence-corrected chi connectivity index (χ4v) is 1.71. The smallest absolute Gasteiger partial charge is 0.335 e. The van der Waals surface area contributed by atoms with Gasteiger partial charge in [-0.1, -0.05) is 12.1 Å². The first-order valence-corrected chi connectivity index (χ1v) is 6.24. The molecule has 0 amide bonds. The number of carboxylic acid groups (broad SMARTS) is 1. The lowest BCUT2D eigenvalue weighted by Gasteiger charge is -2.04. The molecule has 0 aromatic heterocycles. The highest BCUT2D eigenvalue weighted by Crippen LogP contribution is 2.11. The number of nitrogens with zero attached hydrogens (tertiary/aromatic N) is 2. The molecule has 0 saturated carbocycles. The third kappa shape index (κ3) is 3.67. The molecular weight excluding hydrogens is 266 g/mol. The predicted molar refractivity (Wildman–Crippen MR) is 80.4 cm³/mol. The zero-order chi connectivity index (χ0) is 15.2. The Morgan fingerprint density at radius 3 is 2.52 bits per heavy atom. The molecule has 0 saturated heterocycles. The fraction of sp³-hybridized carbons (Fsp3) is 0.0625. The van der Waals surface area contributed by atoms with Crippen LogP contribution in [0.1, 0.15) is 28.4 Å². The Hall–Kier alpha value is -3.13. The first-order valence-electron chi connectivity index (χ1n) is 6.24. The summed E-state index contributed by atoms with van der Waals surface area (Å²) < 4.78 is 0. The van der Waals surface area contributed by atoms with Crippen molar-refractivity contribution in [3.8, 4) is 6.07 Å². The van der Waals surface area contributed by atoms with E-state index in [2.05, 4.69) is 16.6 Å². The number of anilines is 1. The van der Waals surface area contributed by atoms with Gasteiger partial charge in [0.05, 0.1) is 28.6 Å². The van der Waals surface area contributed by atoms with E-state index in [1.54, 1.807) is 30.3 Å². The highest BCUT2D eigenvalue weighted by molar-refractivity contribution is 5.99. The van der Waals surface area contributed by atoms with Crippen LogP contribution in [0, 0.1) is 11.3 Å². The highest BCUT2D eigenvalue weighted by Gasteiger charge is 2.02. The molecule has 2 N–H and O–H groups in total. The molecule has 0 spiro atoms. The van der Waals surface area contributed by atoms with Crippen molar-refractivity contribution in [3.63, 3.8) is 0 Å². The molecular formula is C16H13N3O2. The van der Waals surface area contributed by atoms with Gasteiger partial charge in [0, 0.05) is 0 Å². The van der Waals surface area contributed by atoms with Gasteiger partial charge < -0.3 is 5.11 Å². The summed E-state index contributed by atoms with van der Waals surface area (Å²) in [5, 5.41) is 21.9. The Labute approximate surface area is 122 Å². The van der Waals surface area contributed by atoms with Gasteiger partial charge in [-0.2, -0.15) is 10.4 Å². The molecule has 2 aromatic rings. The first-order chi connectivity index (χ1) is 10.1. The Morgan fingerprint density at radius 1 is 1.19 bits per heavy atom. The second kappa shape index (κ2) is 6.35. The van der Waals surface area contributed by atoms with Crippen LogP contribution in [0.5, 0.6) is 0 Å². The van der Waals surface area contributed by atoms with Crippen molar-refractivity contribution >= 4 is 17.4 Å². The Kier molecular flexibility index (Phi) is 4.32. The summed E-state index contributed by atoms with van der Waals surface area (Å²) in [5.74, 6) is -0.963. The molecule has 21 heavy (non-hydrogen) atoms. The van der Waals surface area contributed by atoms with E-state index in [1.165, 1.54) is 12.1 Å². The summed E-state index contributed by atoms with van der Waals surface area (Å²) in [7, 11) is 0. The predicted octanol–water partition coefficient (Wildman–Crippen LogP) is 3.09. The minimum atomic E-state index is -0.963. The van der Waals surface area contributed by atoms with E-state index in [-0.39, 0.29) is 5.56 Å². The van der Waals surface area contributed by atoms with Gasteiger partial charge in [-0.25, -0.2) is 4.79 Å². The van der Waals surface area contributed by atoms with Crippen molar-refractivity contribution in [1.82, 2.24) is 0 Å². The molecule has 2 aromatic carbocycles. The number of carboxylic acids is 1. The second-order valence-corrected chi connectivity index (χ2v) is 4.38. The van der Waals surface area contributed by atoms with E-state index >= 15 is 0 Å². The van der Waals surface area contributed by atoms with E-state index in [1.807, 2.05) is 13.0 Å². The number of hydrogen-bond donors (Lipinski definition) is 2. The maximum atomic E-state index is 10.7. The van der Waals surface area contributed by atoms with Crippen LogP contribution in [0.2, 0.25) is 0 Å². The van der Waals surface area contributed by atoms with Crippen LogP contribution in [-0.2, 0) is 0 Å². The summed E-state index contributed by atoms with van der Waals surface area (Å²) >= 11 is 0. The Bertz CT molecular complexity index is 728. The molecule has 0 unspecified atom stereocenters. The van der Waals surface area contributed by atoms with E-state index < -0.39 is 5.97 Å². The van der Waals surface area contributed by atoms with Crippen LogP contribution in [0.15, 0.2) is 53.6 Å². The van der Waals surface area contributed by atoms with Gasteiger partial charge in [-0.3, -0.25) is 5.43 Å². The van der Waals surface area contributed by atoms with Gasteiger partial charge in [0.2, 0.25) is 0 Å². The minimum Gasteiger partial charge on any atom is -0.478 e. The van der Waals surface area contributed by atoms with Crippen molar-refractivity contribution in [1.29, 1.82) is 5.26 Å². The molecule has 0 aliphatic rings. The van der Waals surface area contributed by atoms with Crippen LogP contribution >= 0.6 is 0 Å². The summed E-state index contributed by atoms with van der Waals surface area (Å²) in [5.41, 5.74) is 5.93. The third-order valence-corrected chi connectivity index (χ3v) is 2.89. The van der Waals surface area contributed by atoms with E-state index in [4.69, 9.17) is 10.4 Å². The maximum absolute atomic E-state index is 10.7. The topological polar surface area (TPSA) is 85.5 Å². The first kappa shape index (κ1) is 14.3. The molecule has 0 aliphatic carbocycles. The number of aromatic carboxylic acids is 1. The van der Waals surface area contributed by atoms with Crippen LogP contribution in [0.25, 0.3) is 0 Å². The zero-order valence-corrected chi connectivity index (χ0v) is 11.4. The quantitative estimate of drug-likeness (QED) is 0.665. The molecule has 0 heterocycles. The second-order valence-electron chi connectivity index (χ2n) is 4.38. The fourth-order valence-electron chi connectivity index (χ4n) is 1.71. The molecule has 2 rings (SSSR count). The summed E-state index contributed by atoms with van der Waals surface area (Å²) in [6.07, 6.45) is 0. The van der Waals surface area contributed by atoms with Crippen LogP contribution in [0.3, 0.4) is 0 Å². The number of rotatable bonds is 4. The number of hydrazone groups is 1. The van der Waals surface area contributed by atoms with Crippen molar-refractivity contribution in [2.45, 2.75) is 6.92 Å². The van der Waals surface area contributed by atoms with Gasteiger partial charge >= 0.3 is 5.97 Å². The lowest BCUT2D eigenvalue weighted by Crippen LogP contribution is -2.01. The third-order valence-electron chi connectivity index (χ3n) is 2.89. The minimum absolute atomic E-state index is 0.225. The van der Waals surface area contributed by atoms with E-state index in [0.29, 0.717) is 11.3 Å². The number of carbonyl (C=O) groups is 1. The Morgan fingerprint density at radius 2 is 1.90 bits per heavy atom. The van der Waals surface area contributed by atoms with Crippen LogP contribution in [0.4, 0.5) is 5.69 Å². The average Bonchev–Trinajstić information content (AvgIpc) is 2.53. The molecule has 0 radical (unpaired) electrons. The highest BCUT2D eigenvalue weighted by atomic mass is 16.4. The van der Waals surface area contributed by atoms with Crippen molar-refractivity contribution in [3.05, 3.63) is 65.2 Å². The van der Waals surface area contributed by atoms with Crippen molar-refractivity contribution in [2.75, 3.05) is 5.43 Å². The van der Waals surface area contributed by atoms with Crippen molar-refractivity contribution in [2.24, 2.45) is 5.10 Å². The number of hydrogen-bond acceptors (Lipinski definition) is 4. The lowest BCUT2D eigenvalue weighted by molar-refractivity contribution is 0.0697. The zero-order valence-electron chi connectivity index (χ0n) is 11.4. The SMILES string of the molecule is C/C(=N\Nc1ccc(C(=O)O)cc1)c1cccc(C#N)c1. The summed E-state index contributed by atoms with van der Waals surface area (Å²) in [4.78, 5) is 10.7. The molecule has 0 fully saturated rings. The molecule has 5 heteroatoms. The van der Waals surface area contributed by atoms with Crippen LogP contribution in [-0.4, -0.2) is 16.8 Å². The summed E-state index contributed by atoms with van der Waals surface area (Å²) in [6, 6.07) is 15.5. The lowest BCUT2D eigenvalue weighted by atomic mass is 10.1. The normalized spacial score (nSPS) is 10.8. The van der Waals surface area contributed by atoms with Gasteiger partial charge in [-0.15, -0.1) is 0 Å². The Balaban J connectivity index is 2.12. The number of nitriles is 1. The summed E-state index contributed by atoms with van der Waals surface area (Å²) in [6.45, 7) is 1.83. The van der Waals surface area contributed by atoms with E-state index in [9.17, 15) is 4.79 Å². The van der Waals surface area contributed by atoms with Gasteiger partial charge in [-0.05, 0) is 48.9 Å². The molecule has 5 nitrogen and oxygen atoms in total. The van der Waals surface area contributed by atoms with Crippen molar-refractivity contribution < 1.29 is 9.90 Å². The molecule has 0 bridgehead atoms. The van der Waals surface area contributed by atoms with Gasteiger partial charge in [0.25, 0.3) is 0 Å². The number of benzene rings is 2. The molecule has 104 valence electrons. The molecule has 0 aliphatic heterocycles. The number of nitrogens with one attached hydrogen (secondary N) is 1. The van der Waals surface area contributed by atoms with E-state index in [0.717, 1.165) is 11.3 Å². The van der Waals surface area contributed by atoms with Gasteiger partial charge in [0.1, 0.15) is 0 Å². The maximum Gasteiger partial charge on any atom is 0.335 e. The standard InChI is InChI=1S/C16H13N3O2/c1-11(14-4-2-3-12(9-14)10-17)18-19-15-7-5-13(6-8-15)16(20)21/h2-9,19H,1H3,(H,20,21)/b18-11+.